The zero-order valence-corrected chi connectivity index (χ0v) is 32.4. The normalized spacial score (nSPS) is 17.2. The van der Waals surface area contributed by atoms with E-state index in [2.05, 4.69) is 90.3 Å². The lowest BCUT2D eigenvalue weighted by Crippen LogP contribution is -2.42. The molecule has 0 bridgehead atoms. The van der Waals surface area contributed by atoms with Gasteiger partial charge in [-0.25, -0.2) is 8.78 Å². The first-order valence-corrected chi connectivity index (χ1v) is 21.5. The molecule has 0 radical (unpaired) electrons. The van der Waals surface area contributed by atoms with Gasteiger partial charge in [0.05, 0.1) is 24.4 Å². The van der Waals surface area contributed by atoms with E-state index in [1.165, 1.54) is 18.2 Å². The van der Waals surface area contributed by atoms with Gasteiger partial charge in [0.15, 0.2) is 16.6 Å². The van der Waals surface area contributed by atoms with Crippen LogP contribution in [0.15, 0.2) is 36.4 Å². The van der Waals surface area contributed by atoms with Gasteiger partial charge >= 0.3 is 7.12 Å². The Bertz CT molecular complexity index is 1210. The summed E-state index contributed by atoms with van der Waals surface area (Å²) < 4.78 is 52.7. The van der Waals surface area contributed by atoms with Gasteiger partial charge in [0.2, 0.25) is 0 Å². The Labute approximate surface area is 270 Å². The van der Waals surface area contributed by atoms with Gasteiger partial charge in [0, 0.05) is 3.57 Å². The van der Waals surface area contributed by atoms with E-state index in [-0.39, 0.29) is 21.7 Å². The number of hydrogen-bond donors (Lipinski definition) is 0. The summed E-state index contributed by atoms with van der Waals surface area (Å²) in [5.41, 5.74) is 1.73. The minimum atomic E-state index is -1.93. The lowest BCUT2D eigenvalue weighted by molar-refractivity contribution is 0.00578. The Morgan fingerprint density at radius 1 is 0.714 bits per heavy atom. The quantitative estimate of drug-likeness (QED) is 0.210. The van der Waals surface area contributed by atoms with Crippen LogP contribution in [0.5, 0.6) is 0 Å². The zero-order chi connectivity index (χ0) is 32.5. The SMILES string of the molecule is CC(C)(C)[Si](C)(C)OCc1cc(F)ccc1I.CC1(C)OB(c2ccc(F)cc2CO[Si](C)(C)C(C)(C)C)OC1(C)C. The first-order valence-electron chi connectivity index (χ1n) is 14.7. The van der Waals surface area contributed by atoms with Crippen LogP contribution in [-0.2, 0) is 31.4 Å². The number of hydrogen-bond acceptors (Lipinski definition) is 4. The fourth-order valence-corrected chi connectivity index (χ4v) is 5.89. The fourth-order valence-electron chi connectivity index (χ4n) is 3.50. The molecule has 10 heteroatoms. The molecule has 1 aliphatic rings. The average molecular weight is 733 g/mol. The molecule has 0 atom stereocenters. The molecule has 0 spiro atoms. The molecule has 2 aromatic carbocycles. The van der Waals surface area contributed by atoms with Gasteiger partial charge in [-0.15, -0.1) is 0 Å². The van der Waals surface area contributed by atoms with Crippen molar-refractivity contribution in [2.24, 2.45) is 0 Å². The average Bonchev–Trinajstić information content (AvgIpc) is 3.04. The van der Waals surface area contributed by atoms with Crippen molar-refractivity contribution in [3.8, 4) is 0 Å². The molecule has 0 N–H and O–H groups in total. The van der Waals surface area contributed by atoms with E-state index in [1.54, 1.807) is 18.2 Å². The van der Waals surface area contributed by atoms with Crippen molar-refractivity contribution in [2.75, 3.05) is 0 Å². The third kappa shape index (κ3) is 9.44. The van der Waals surface area contributed by atoms with Crippen molar-refractivity contribution in [3.05, 3.63) is 62.7 Å². The molecule has 3 rings (SSSR count). The molecule has 1 aliphatic heterocycles. The maximum Gasteiger partial charge on any atom is 0.495 e. The summed E-state index contributed by atoms with van der Waals surface area (Å²) in [6.07, 6.45) is 0. The second-order valence-electron chi connectivity index (χ2n) is 15.3. The largest absolute Gasteiger partial charge is 0.495 e. The Morgan fingerprint density at radius 3 is 1.52 bits per heavy atom. The number of rotatable bonds is 7. The summed E-state index contributed by atoms with van der Waals surface area (Å²) in [5, 5.41) is 0.288. The van der Waals surface area contributed by atoms with Crippen LogP contribution in [0.2, 0.25) is 36.3 Å². The molecule has 0 saturated carbocycles. The van der Waals surface area contributed by atoms with Gasteiger partial charge in [-0.1, -0.05) is 47.6 Å². The van der Waals surface area contributed by atoms with Crippen molar-refractivity contribution in [2.45, 2.75) is 130 Å². The molecule has 42 heavy (non-hydrogen) atoms. The van der Waals surface area contributed by atoms with E-state index >= 15 is 0 Å². The minimum Gasteiger partial charge on any atom is -0.413 e. The van der Waals surface area contributed by atoms with E-state index in [9.17, 15) is 8.78 Å². The van der Waals surface area contributed by atoms with Crippen molar-refractivity contribution < 1.29 is 26.9 Å². The van der Waals surface area contributed by atoms with Gasteiger partial charge in [0.25, 0.3) is 0 Å². The molecule has 1 heterocycles. The molecular formula is C32H52BF2IO4Si2. The van der Waals surface area contributed by atoms with Crippen LogP contribution in [0, 0.1) is 15.2 Å². The zero-order valence-electron chi connectivity index (χ0n) is 28.2. The summed E-state index contributed by atoms with van der Waals surface area (Å²) in [6, 6.07) is 9.58. The molecule has 1 fully saturated rings. The highest BCUT2D eigenvalue weighted by Crippen LogP contribution is 2.39. The maximum absolute atomic E-state index is 13.9. The van der Waals surface area contributed by atoms with Gasteiger partial charge < -0.3 is 18.2 Å². The summed E-state index contributed by atoms with van der Waals surface area (Å²) >= 11 is 2.22. The number of halogens is 3. The van der Waals surface area contributed by atoms with Crippen molar-refractivity contribution in [1.82, 2.24) is 0 Å². The van der Waals surface area contributed by atoms with Crippen molar-refractivity contribution >= 4 is 51.8 Å². The molecule has 0 amide bonds. The standard InChI is InChI=1S/C19H32BFO3Si.C13H20FIOSi/c1-17(2,3)25(8,9)22-13-14-12-15(21)10-11-16(14)20-23-18(4,5)19(6,7)24-20;1-13(2,3)17(4,5)16-9-10-8-11(14)6-7-12(10)15/h10-12H,13H2,1-9H3;6-8H,9H2,1-5H3. The summed E-state index contributed by atoms with van der Waals surface area (Å²) in [6.45, 7) is 30.9. The van der Waals surface area contributed by atoms with E-state index in [4.69, 9.17) is 18.2 Å². The predicted molar refractivity (Wildman–Crippen MR) is 185 cm³/mol. The van der Waals surface area contributed by atoms with Crippen LogP contribution in [0.4, 0.5) is 8.78 Å². The predicted octanol–water partition coefficient (Wildman–Crippen LogP) is 9.60. The smallest absolute Gasteiger partial charge is 0.413 e. The van der Waals surface area contributed by atoms with Gasteiger partial charge in [-0.2, -0.15) is 0 Å². The van der Waals surface area contributed by atoms with E-state index in [1.807, 2.05) is 27.7 Å². The van der Waals surface area contributed by atoms with Gasteiger partial charge in [0.1, 0.15) is 11.6 Å². The molecular weight excluding hydrogens is 680 g/mol. The molecule has 1 saturated heterocycles. The molecule has 0 aromatic heterocycles. The Balaban J connectivity index is 0.000000317. The maximum atomic E-state index is 13.9. The molecule has 4 nitrogen and oxygen atoms in total. The highest BCUT2D eigenvalue weighted by Gasteiger charge is 2.52. The highest BCUT2D eigenvalue weighted by molar-refractivity contribution is 14.1. The minimum absolute atomic E-state index is 0.102. The first-order chi connectivity index (χ1) is 18.8. The van der Waals surface area contributed by atoms with E-state index < -0.39 is 35.0 Å². The third-order valence-corrected chi connectivity index (χ3v) is 19.4. The first kappa shape index (κ1) is 37.6. The van der Waals surface area contributed by atoms with Gasteiger partial charge in [-0.05, 0) is 133 Å². The lowest BCUT2D eigenvalue weighted by Gasteiger charge is -2.36. The van der Waals surface area contributed by atoms with E-state index in [0.717, 1.165) is 20.2 Å². The third-order valence-electron chi connectivity index (χ3n) is 9.41. The van der Waals surface area contributed by atoms with Crippen LogP contribution < -0.4 is 5.46 Å². The summed E-state index contributed by atoms with van der Waals surface area (Å²) in [4.78, 5) is 0. The van der Waals surface area contributed by atoms with Crippen LogP contribution in [0.1, 0.15) is 80.4 Å². The fraction of sp³-hybridized carbons (Fsp3) is 0.625. The second-order valence-corrected chi connectivity index (χ2v) is 26.0. The molecule has 0 aliphatic carbocycles. The van der Waals surface area contributed by atoms with Crippen LogP contribution in [-0.4, -0.2) is 35.0 Å². The monoisotopic (exact) mass is 732 g/mol. The Hall–Kier alpha value is -0.631. The summed E-state index contributed by atoms with van der Waals surface area (Å²) in [7, 11) is -4.19. The molecule has 236 valence electrons. The second kappa shape index (κ2) is 13.4. The van der Waals surface area contributed by atoms with Crippen LogP contribution in [0.3, 0.4) is 0 Å². The van der Waals surface area contributed by atoms with Crippen LogP contribution >= 0.6 is 22.6 Å². The topological polar surface area (TPSA) is 36.9 Å². The highest BCUT2D eigenvalue weighted by atomic mass is 127. The van der Waals surface area contributed by atoms with E-state index in [0.29, 0.717) is 13.2 Å². The van der Waals surface area contributed by atoms with Crippen molar-refractivity contribution in [1.29, 1.82) is 0 Å². The Morgan fingerprint density at radius 2 is 1.10 bits per heavy atom. The van der Waals surface area contributed by atoms with Gasteiger partial charge in [-0.3, -0.25) is 0 Å². The summed E-state index contributed by atoms with van der Waals surface area (Å²) in [5.74, 6) is -0.464. The number of benzene rings is 2. The Kier molecular flexibility index (Phi) is 12.0. The lowest BCUT2D eigenvalue weighted by atomic mass is 9.76. The van der Waals surface area contributed by atoms with Crippen LogP contribution in [0.25, 0.3) is 0 Å². The van der Waals surface area contributed by atoms with Crippen molar-refractivity contribution in [3.63, 3.8) is 0 Å². The molecule has 0 unspecified atom stereocenters. The molecule has 2 aromatic rings.